The van der Waals surface area contributed by atoms with E-state index in [9.17, 15) is 0 Å². The number of unbranched alkanes of at least 4 members (excludes halogenated alkanes) is 2. The lowest BCUT2D eigenvalue weighted by atomic mass is 10.1. The second-order valence-corrected chi connectivity index (χ2v) is 7.44. The minimum Gasteiger partial charge on any atom is -0.317 e. The summed E-state index contributed by atoms with van der Waals surface area (Å²) in [4.78, 5) is 2.52. The predicted molar refractivity (Wildman–Crippen MR) is 118 cm³/mol. The SMILES string of the molecule is CCc1ccc(-n2ccc3cc(CCCCCN(CC)CC)ccc32)cc1. The quantitative estimate of drug-likeness (QED) is 0.387. The molecule has 2 aromatic carbocycles. The van der Waals surface area contributed by atoms with Gasteiger partial charge in [0.2, 0.25) is 0 Å². The number of benzene rings is 2. The Bertz CT molecular complexity index is 825. The van der Waals surface area contributed by atoms with Gasteiger partial charge in [0.25, 0.3) is 0 Å². The second-order valence-electron chi connectivity index (χ2n) is 7.44. The smallest absolute Gasteiger partial charge is 0.0528 e. The Morgan fingerprint density at radius 3 is 2.22 bits per heavy atom. The van der Waals surface area contributed by atoms with Crippen LogP contribution >= 0.6 is 0 Å². The molecule has 0 fully saturated rings. The predicted octanol–water partition coefficient (Wildman–Crippen LogP) is 6.25. The Morgan fingerprint density at radius 1 is 0.778 bits per heavy atom. The number of aromatic nitrogens is 1. The topological polar surface area (TPSA) is 8.17 Å². The van der Waals surface area contributed by atoms with E-state index in [4.69, 9.17) is 0 Å². The molecule has 3 aromatic rings. The van der Waals surface area contributed by atoms with E-state index in [1.54, 1.807) is 0 Å². The van der Waals surface area contributed by atoms with Gasteiger partial charge in [-0.3, -0.25) is 0 Å². The van der Waals surface area contributed by atoms with Crippen molar-refractivity contribution in [1.29, 1.82) is 0 Å². The molecule has 0 unspecified atom stereocenters. The molecule has 0 saturated heterocycles. The summed E-state index contributed by atoms with van der Waals surface area (Å²) >= 11 is 0. The maximum atomic E-state index is 2.52. The minimum absolute atomic E-state index is 1.09. The summed E-state index contributed by atoms with van der Waals surface area (Å²) in [5.74, 6) is 0. The summed E-state index contributed by atoms with van der Waals surface area (Å²) in [6, 6.07) is 18.1. The van der Waals surface area contributed by atoms with Crippen LogP contribution in [0, 0.1) is 0 Å². The van der Waals surface area contributed by atoms with Gasteiger partial charge in [0, 0.05) is 17.3 Å². The van der Waals surface area contributed by atoms with Crippen LogP contribution in [0.2, 0.25) is 0 Å². The molecule has 27 heavy (non-hydrogen) atoms. The molecule has 0 spiro atoms. The van der Waals surface area contributed by atoms with Gasteiger partial charge in [0.05, 0.1) is 5.52 Å². The maximum absolute atomic E-state index is 2.52. The Morgan fingerprint density at radius 2 is 1.52 bits per heavy atom. The molecule has 0 radical (unpaired) electrons. The van der Waals surface area contributed by atoms with Gasteiger partial charge in [-0.05, 0) is 86.8 Å². The van der Waals surface area contributed by atoms with Crippen LogP contribution in [-0.2, 0) is 12.8 Å². The van der Waals surface area contributed by atoms with Crippen LogP contribution < -0.4 is 0 Å². The number of hydrogen-bond donors (Lipinski definition) is 0. The van der Waals surface area contributed by atoms with E-state index in [0.29, 0.717) is 0 Å². The molecule has 0 amide bonds. The van der Waals surface area contributed by atoms with E-state index in [2.05, 4.69) is 85.0 Å². The summed E-state index contributed by atoms with van der Waals surface area (Å²) in [5.41, 5.74) is 5.39. The molecule has 0 aliphatic carbocycles. The van der Waals surface area contributed by atoms with Crippen LogP contribution in [0.25, 0.3) is 16.6 Å². The van der Waals surface area contributed by atoms with Crippen molar-refractivity contribution in [3.63, 3.8) is 0 Å². The van der Waals surface area contributed by atoms with Gasteiger partial charge in [0.1, 0.15) is 0 Å². The van der Waals surface area contributed by atoms with E-state index in [1.807, 2.05) is 0 Å². The van der Waals surface area contributed by atoms with E-state index >= 15 is 0 Å². The summed E-state index contributed by atoms with van der Waals surface area (Å²) in [5, 5.41) is 1.34. The van der Waals surface area contributed by atoms with Gasteiger partial charge >= 0.3 is 0 Å². The van der Waals surface area contributed by atoms with Gasteiger partial charge < -0.3 is 9.47 Å². The van der Waals surface area contributed by atoms with Crippen molar-refractivity contribution in [2.24, 2.45) is 0 Å². The number of nitrogens with zero attached hydrogens (tertiary/aromatic N) is 2. The van der Waals surface area contributed by atoms with Crippen LogP contribution in [-0.4, -0.2) is 29.1 Å². The normalized spacial score (nSPS) is 11.6. The molecular weight excluding hydrogens is 328 g/mol. The maximum Gasteiger partial charge on any atom is 0.0528 e. The Kier molecular flexibility index (Phi) is 7.11. The number of hydrogen-bond acceptors (Lipinski definition) is 1. The molecule has 3 rings (SSSR count). The molecule has 2 nitrogen and oxygen atoms in total. The minimum atomic E-state index is 1.09. The number of rotatable bonds is 10. The van der Waals surface area contributed by atoms with Crippen LogP contribution in [0.15, 0.2) is 54.7 Å². The first kappa shape index (κ1) is 19.7. The lowest BCUT2D eigenvalue weighted by molar-refractivity contribution is 0.296. The monoisotopic (exact) mass is 362 g/mol. The van der Waals surface area contributed by atoms with E-state index < -0.39 is 0 Å². The standard InChI is InChI=1S/C25H34N2/c1-4-21-11-14-24(15-12-21)27-19-17-23-20-22(13-16-25(23)27)10-8-7-9-18-26(5-2)6-3/h11-17,19-20H,4-10,18H2,1-3H3. The van der Waals surface area contributed by atoms with Crippen molar-refractivity contribution in [1.82, 2.24) is 9.47 Å². The molecule has 144 valence electrons. The highest BCUT2D eigenvalue weighted by Crippen LogP contribution is 2.23. The summed E-state index contributed by atoms with van der Waals surface area (Å²) in [6.07, 6.45) is 8.38. The van der Waals surface area contributed by atoms with Crippen molar-refractivity contribution >= 4 is 10.9 Å². The molecule has 2 heteroatoms. The van der Waals surface area contributed by atoms with Crippen LogP contribution in [0.3, 0.4) is 0 Å². The van der Waals surface area contributed by atoms with Gasteiger partial charge in [0.15, 0.2) is 0 Å². The van der Waals surface area contributed by atoms with E-state index in [1.165, 1.54) is 73.0 Å². The van der Waals surface area contributed by atoms with E-state index in [0.717, 1.165) is 6.42 Å². The Balaban J connectivity index is 1.60. The summed E-state index contributed by atoms with van der Waals surface area (Å²) in [6.45, 7) is 10.3. The van der Waals surface area contributed by atoms with Crippen LogP contribution in [0.1, 0.15) is 51.2 Å². The zero-order chi connectivity index (χ0) is 19.1. The molecule has 0 aliphatic heterocycles. The molecule has 1 aromatic heterocycles. The van der Waals surface area contributed by atoms with Crippen molar-refractivity contribution < 1.29 is 0 Å². The zero-order valence-electron chi connectivity index (χ0n) is 17.2. The first-order chi connectivity index (χ1) is 13.2. The third kappa shape index (κ3) is 5.01. The summed E-state index contributed by atoms with van der Waals surface area (Å²) < 4.78 is 2.29. The lowest BCUT2D eigenvalue weighted by Crippen LogP contribution is -2.23. The largest absolute Gasteiger partial charge is 0.317 e. The fourth-order valence-corrected chi connectivity index (χ4v) is 3.85. The van der Waals surface area contributed by atoms with Crippen molar-refractivity contribution in [2.45, 2.75) is 52.9 Å². The van der Waals surface area contributed by atoms with Crippen molar-refractivity contribution in [3.05, 3.63) is 65.9 Å². The average molecular weight is 363 g/mol. The Hall–Kier alpha value is -2.06. The molecule has 0 atom stereocenters. The van der Waals surface area contributed by atoms with E-state index in [-0.39, 0.29) is 0 Å². The fraction of sp³-hybridized carbons (Fsp3) is 0.440. The number of fused-ring (bicyclic) bond motifs is 1. The molecule has 0 aliphatic rings. The second kappa shape index (κ2) is 9.75. The molecule has 1 heterocycles. The van der Waals surface area contributed by atoms with Crippen LogP contribution in [0.4, 0.5) is 0 Å². The Labute approximate surface area is 164 Å². The first-order valence-corrected chi connectivity index (χ1v) is 10.7. The van der Waals surface area contributed by atoms with Gasteiger partial charge in [-0.25, -0.2) is 0 Å². The van der Waals surface area contributed by atoms with Crippen molar-refractivity contribution in [2.75, 3.05) is 19.6 Å². The van der Waals surface area contributed by atoms with Crippen molar-refractivity contribution in [3.8, 4) is 5.69 Å². The highest BCUT2D eigenvalue weighted by molar-refractivity contribution is 5.82. The molecule has 0 N–H and O–H groups in total. The third-order valence-electron chi connectivity index (χ3n) is 5.71. The molecule has 0 bridgehead atoms. The highest BCUT2D eigenvalue weighted by Gasteiger charge is 2.05. The zero-order valence-corrected chi connectivity index (χ0v) is 17.2. The molecule has 0 saturated carbocycles. The first-order valence-electron chi connectivity index (χ1n) is 10.7. The lowest BCUT2D eigenvalue weighted by Gasteiger charge is -2.17. The average Bonchev–Trinajstić information content (AvgIpc) is 3.14. The van der Waals surface area contributed by atoms with Gasteiger partial charge in [-0.2, -0.15) is 0 Å². The highest BCUT2D eigenvalue weighted by atomic mass is 15.1. The van der Waals surface area contributed by atoms with Gasteiger partial charge in [-0.15, -0.1) is 0 Å². The van der Waals surface area contributed by atoms with Gasteiger partial charge in [-0.1, -0.05) is 45.4 Å². The number of aryl methyl sites for hydroxylation is 2. The fourth-order valence-electron chi connectivity index (χ4n) is 3.85. The summed E-state index contributed by atoms with van der Waals surface area (Å²) in [7, 11) is 0. The third-order valence-corrected chi connectivity index (χ3v) is 5.71. The molecular formula is C25H34N2. The van der Waals surface area contributed by atoms with Crippen LogP contribution in [0.5, 0.6) is 0 Å².